The van der Waals surface area contributed by atoms with Crippen LogP contribution in [-0.2, 0) is 13.2 Å². The Labute approximate surface area is 110 Å². The summed E-state index contributed by atoms with van der Waals surface area (Å²) in [5.41, 5.74) is 0.877. The number of nitrogens with zero attached hydrogens (tertiary/aromatic N) is 2. The third kappa shape index (κ3) is 3.75. The number of aromatic nitrogens is 2. The molecule has 0 aliphatic carbocycles. The third-order valence-electron chi connectivity index (χ3n) is 2.50. The summed E-state index contributed by atoms with van der Waals surface area (Å²) in [6.07, 6.45) is 0. The van der Waals surface area contributed by atoms with E-state index in [0.29, 0.717) is 18.3 Å². The maximum absolute atomic E-state index is 13.8. The lowest BCUT2D eigenvalue weighted by atomic mass is 10.2. The number of ether oxygens (including phenoxy) is 1. The van der Waals surface area contributed by atoms with E-state index < -0.39 is 5.82 Å². The van der Waals surface area contributed by atoms with Crippen LogP contribution >= 0.6 is 0 Å². The number of aryl methyl sites for hydroxylation is 1. The van der Waals surface area contributed by atoms with Crippen molar-refractivity contribution < 1.29 is 13.7 Å². The number of hydrogen-bond acceptors (Lipinski definition) is 5. The van der Waals surface area contributed by atoms with Gasteiger partial charge >= 0.3 is 0 Å². The second-order valence-corrected chi connectivity index (χ2v) is 4.06. The molecular formula is C13H16FN3O2. The Hall–Kier alpha value is -1.95. The van der Waals surface area contributed by atoms with Gasteiger partial charge in [0.25, 0.3) is 0 Å². The smallest absolute Gasteiger partial charge is 0.223 e. The minimum Gasteiger partial charge on any atom is -0.482 e. The highest BCUT2D eigenvalue weighted by Crippen LogP contribution is 2.19. The summed E-state index contributed by atoms with van der Waals surface area (Å²) < 4.78 is 23.9. The van der Waals surface area contributed by atoms with Crippen molar-refractivity contribution in [1.82, 2.24) is 15.5 Å². The van der Waals surface area contributed by atoms with Gasteiger partial charge in [0.1, 0.15) is 0 Å². The van der Waals surface area contributed by atoms with Gasteiger partial charge in [0, 0.05) is 13.5 Å². The van der Waals surface area contributed by atoms with Gasteiger partial charge < -0.3 is 14.6 Å². The van der Waals surface area contributed by atoms with Crippen LogP contribution in [0.15, 0.2) is 22.7 Å². The lowest BCUT2D eigenvalue weighted by Crippen LogP contribution is -2.11. The fraction of sp³-hybridized carbons (Fsp3) is 0.385. The number of hydrogen-bond donors (Lipinski definition) is 1. The van der Waals surface area contributed by atoms with E-state index in [2.05, 4.69) is 15.5 Å². The minimum atomic E-state index is -0.393. The summed E-state index contributed by atoms with van der Waals surface area (Å²) in [4.78, 5) is 3.98. The molecule has 6 heteroatoms. The highest BCUT2D eigenvalue weighted by Gasteiger charge is 2.07. The quantitative estimate of drug-likeness (QED) is 0.867. The van der Waals surface area contributed by atoms with Crippen LogP contribution in [0.5, 0.6) is 5.75 Å². The van der Waals surface area contributed by atoms with Gasteiger partial charge in [-0.1, -0.05) is 18.1 Å². The summed E-state index contributed by atoms with van der Waals surface area (Å²) in [6.45, 7) is 5.25. The Kier molecular flexibility index (Phi) is 4.46. The predicted molar refractivity (Wildman–Crippen MR) is 67.1 cm³/mol. The first-order valence-electron chi connectivity index (χ1n) is 6.10. The zero-order valence-corrected chi connectivity index (χ0v) is 10.9. The van der Waals surface area contributed by atoms with E-state index >= 15 is 0 Å². The van der Waals surface area contributed by atoms with Gasteiger partial charge in [-0.2, -0.15) is 4.98 Å². The molecule has 0 unspecified atom stereocenters. The molecule has 0 aliphatic heterocycles. The molecule has 0 fully saturated rings. The maximum atomic E-state index is 13.8. The molecule has 1 aromatic heterocycles. The van der Waals surface area contributed by atoms with Crippen molar-refractivity contribution in [1.29, 1.82) is 0 Å². The molecule has 0 amide bonds. The van der Waals surface area contributed by atoms with Crippen LogP contribution in [0.2, 0.25) is 0 Å². The fourth-order valence-corrected chi connectivity index (χ4v) is 1.58. The second-order valence-electron chi connectivity index (χ2n) is 4.06. The standard InChI is InChI=1S/C13H16FN3O2/c1-3-15-7-10-4-5-12(11(14)6-10)18-8-13-16-9(2)19-17-13/h4-6,15H,3,7-8H2,1-2H3. The summed E-state index contributed by atoms with van der Waals surface area (Å²) >= 11 is 0. The van der Waals surface area contributed by atoms with E-state index in [1.807, 2.05) is 13.0 Å². The Morgan fingerprint density at radius 1 is 1.42 bits per heavy atom. The van der Waals surface area contributed by atoms with Crippen LogP contribution in [0.25, 0.3) is 0 Å². The first kappa shape index (κ1) is 13.5. The highest BCUT2D eigenvalue weighted by atomic mass is 19.1. The molecule has 0 aliphatic rings. The summed E-state index contributed by atoms with van der Waals surface area (Å²) in [5.74, 6) is 0.645. The molecule has 0 spiro atoms. The van der Waals surface area contributed by atoms with Crippen molar-refractivity contribution in [2.45, 2.75) is 27.0 Å². The molecular weight excluding hydrogens is 249 g/mol. The zero-order valence-electron chi connectivity index (χ0n) is 10.9. The fourth-order valence-electron chi connectivity index (χ4n) is 1.58. The van der Waals surface area contributed by atoms with Crippen molar-refractivity contribution in [3.63, 3.8) is 0 Å². The van der Waals surface area contributed by atoms with Gasteiger partial charge in [-0.25, -0.2) is 4.39 Å². The monoisotopic (exact) mass is 265 g/mol. The molecule has 0 bridgehead atoms. The molecule has 2 rings (SSSR count). The number of halogens is 1. The topological polar surface area (TPSA) is 60.2 Å². The van der Waals surface area contributed by atoms with Crippen LogP contribution < -0.4 is 10.1 Å². The SMILES string of the molecule is CCNCc1ccc(OCc2noc(C)n2)c(F)c1. The minimum absolute atomic E-state index is 0.0841. The first-order chi connectivity index (χ1) is 9.19. The molecule has 1 aromatic carbocycles. The Morgan fingerprint density at radius 2 is 2.26 bits per heavy atom. The number of rotatable bonds is 6. The molecule has 0 saturated heterocycles. The van der Waals surface area contributed by atoms with Crippen LogP contribution in [0.4, 0.5) is 4.39 Å². The van der Waals surface area contributed by atoms with Crippen molar-refractivity contribution in [2.24, 2.45) is 0 Å². The lowest BCUT2D eigenvalue weighted by molar-refractivity contribution is 0.272. The zero-order chi connectivity index (χ0) is 13.7. The second kappa shape index (κ2) is 6.29. The first-order valence-corrected chi connectivity index (χ1v) is 6.10. The molecule has 2 aromatic rings. The van der Waals surface area contributed by atoms with Gasteiger partial charge in [-0.3, -0.25) is 0 Å². The van der Waals surface area contributed by atoms with Crippen LogP contribution in [0, 0.1) is 12.7 Å². The van der Waals surface area contributed by atoms with Crippen molar-refractivity contribution in [2.75, 3.05) is 6.54 Å². The van der Waals surface area contributed by atoms with Crippen LogP contribution in [0.1, 0.15) is 24.2 Å². The highest BCUT2D eigenvalue weighted by molar-refractivity contribution is 5.29. The normalized spacial score (nSPS) is 10.7. The Bertz CT molecular complexity index is 542. The van der Waals surface area contributed by atoms with E-state index in [1.54, 1.807) is 13.0 Å². The summed E-state index contributed by atoms with van der Waals surface area (Å²) in [5, 5.41) is 6.81. The number of benzene rings is 1. The van der Waals surface area contributed by atoms with Gasteiger partial charge in [-0.05, 0) is 24.2 Å². The van der Waals surface area contributed by atoms with Gasteiger partial charge in [-0.15, -0.1) is 0 Å². The maximum Gasteiger partial charge on any atom is 0.223 e. The molecule has 5 nitrogen and oxygen atoms in total. The van der Waals surface area contributed by atoms with Gasteiger partial charge in [0.2, 0.25) is 11.7 Å². The molecule has 0 radical (unpaired) electrons. The average molecular weight is 265 g/mol. The van der Waals surface area contributed by atoms with E-state index in [1.165, 1.54) is 6.07 Å². The largest absolute Gasteiger partial charge is 0.482 e. The summed E-state index contributed by atoms with van der Waals surface area (Å²) in [7, 11) is 0. The summed E-state index contributed by atoms with van der Waals surface area (Å²) in [6, 6.07) is 4.89. The molecule has 19 heavy (non-hydrogen) atoms. The lowest BCUT2D eigenvalue weighted by Gasteiger charge is -2.07. The molecule has 1 heterocycles. The van der Waals surface area contributed by atoms with Crippen LogP contribution in [-0.4, -0.2) is 16.7 Å². The van der Waals surface area contributed by atoms with E-state index in [-0.39, 0.29) is 12.4 Å². The van der Waals surface area contributed by atoms with E-state index in [0.717, 1.165) is 12.1 Å². The van der Waals surface area contributed by atoms with Crippen molar-refractivity contribution >= 4 is 0 Å². The van der Waals surface area contributed by atoms with Crippen LogP contribution in [0.3, 0.4) is 0 Å². The average Bonchev–Trinajstić information content (AvgIpc) is 2.81. The van der Waals surface area contributed by atoms with Gasteiger partial charge in [0.15, 0.2) is 18.2 Å². The van der Waals surface area contributed by atoms with Crippen molar-refractivity contribution in [3.8, 4) is 5.75 Å². The van der Waals surface area contributed by atoms with E-state index in [9.17, 15) is 4.39 Å². The molecule has 1 N–H and O–H groups in total. The Balaban J connectivity index is 1.96. The molecule has 0 atom stereocenters. The van der Waals surface area contributed by atoms with E-state index in [4.69, 9.17) is 9.26 Å². The Morgan fingerprint density at radius 3 is 2.89 bits per heavy atom. The van der Waals surface area contributed by atoms with Crippen molar-refractivity contribution in [3.05, 3.63) is 41.3 Å². The number of nitrogens with one attached hydrogen (secondary N) is 1. The molecule has 0 saturated carbocycles. The predicted octanol–water partition coefficient (Wildman–Crippen LogP) is 2.21. The third-order valence-corrected chi connectivity index (χ3v) is 2.50. The van der Waals surface area contributed by atoms with Gasteiger partial charge in [0.05, 0.1) is 0 Å². The molecule has 102 valence electrons.